The van der Waals surface area contributed by atoms with Crippen molar-refractivity contribution in [2.45, 2.75) is 25.0 Å². The standard InChI is InChI=1S/C26H21BrCl3NO2/c1-32-24-11-15(10-20(27)26(24)33-13-14-5-7-21(29)22(30)9-14)25-18-4-2-3-17(18)19-12-16(28)6-8-23(19)31-25/h2-3,5-12,17-18,25,31H,4,13H2,1H3/t17-,18+,25+/m1/s1. The van der Waals surface area contributed by atoms with Gasteiger partial charge in [-0.25, -0.2) is 0 Å². The van der Waals surface area contributed by atoms with Crippen LogP contribution in [0.15, 0.2) is 65.2 Å². The first-order valence-electron chi connectivity index (χ1n) is 10.6. The highest BCUT2D eigenvalue weighted by Crippen LogP contribution is 2.51. The van der Waals surface area contributed by atoms with E-state index >= 15 is 0 Å². The smallest absolute Gasteiger partial charge is 0.175 e. The second-order valence-corrected chi connectivity index (χ2v) is 10.4. The molecule has 3 aromatic rings. The maximum absolute atomic E-state index is 6.29. The molecule has 170 valence electrons. The molecular formula is C26H21BrCl3NO2. The molecule has 3 nitrogen and oxygen atoms in total. The van der Waals surface area contributed by atoms with Gasteiger partial charge in [-0.3, -0.25) is 0 Å². The van der Waals surface area contributed by atoms with Crippen LogP contribution in [-0.4, -0.2) is 7.11 Å². The number of fused-ring (bicyclic) bond motifs is 3. The van der Waals surface area contributed by atoms with Crippen LogP contribution in [0, 0.1) is 5.92 Å². The lowest BCUT2D eigenvalue weighted by atomic mass is 9.77. The maximum Gasteiger partial charge on any atom is 0.175 e. The summed E-state index contributed by atoms with van der Waals surface area (Å²) in [6, 6.07) is 15.8. The van der Waals surface area contributed by atoms with Gasteiger partial charge in [0.25, 0.3) is 0 Å². The molecule has 3 aromatic carbocycles. The van der Waals surface area contributed by atoms with Crippen LogP contribution in [0.5, 0.6) is 11.5 Å². The molecule has 0 aromatic heterocycles. The van der Waals surface area contributed by atoms with E-state index in [0.29, 0.717) is 40.0 Å². The van der Waals surface area contributed by atoms with E-state index in [0.717, 1.165) is 32.7 Å². The SMILES string of the molecule is COc1cc([C@@H]2Nc3ccc(Cl)cc3[C@@H]3C=CC[C@@H]32)cc(Br)c1OCc1ccc(Cl)c(Cl)c1. The molecule has 1 N–H and O–H groups in total. The highest BCUT2D eigenvalue weighted by atomic mass is 79.9. The molecule has 7 heteroatoms. The van der Waals surface area contributed by atoms with Crippen molar-refractivity contribution in [3.8, 4) is 11.5 Å². The zero-order chi connectivity index (χ0) is 23.1. The molecule has 0 spiro atoms. The van der Waals surface area contributed by atoms with Crippen molar-refractivity contribution in [1.82, 2.24) is 0 Å². The van der Waals surface area contributed by atoms with Crippen LogP contribution in [-0.2, 0) is 6.61 Å². The van der Waals surface area contributed by atoms with E-state index in [1.807, 2.05) is 18.2 Å². The molecule has 0 radical (unpaired) electrons. The van der Waals surface area contributed by atoms with Crippen molar-refractivity contribution in [3.63, 3.8) is 0 Å². The Morgan fingerprint density at radius 3 is 2.67 bits per heavy atom. The van der Waals surface area contributed by atoms with E-state index in [2.05, 4.69) is 57.7 Å². The fraction of sp³-hybridized carbons (Fsp3) is 0.231. The first-order valence-corrected chi connectivity index (χ1v) is 12.5. The lowest BCUT2D eigenvalue weighted by Crippen LogP contribution is -2.29. The number of rotatable bonds is 5. The first kappa shape index (κ1) is 22.9. The van der Waals surface area contributed by atoms with Crippen LogP contribution in [0.25, 0.3) is 0 Å². The average Bonchev–Trinajstić information content (AvgIpc) is 3.30. The molecular weight excluding hydrogens is 545 g/mol. The highest BCUT2D eigenvalue weighted by molar-refractivity contribution is 9.10. The second-order valence-electron chi connectivity index (χ2n) is 8.28. The molecule has 0 saturated carbocycles. The van der Waals surface area contributed by atoms with Gasteiger partial charge in [-0.05, 0) is 87.4 Å². The summed E-state index contributed by atoms with van der Waals surface area (Å²) in [7, 11) is 1.66. The van der Waals surface area contributed by atoms with E-state index in [1.165, 1.54) is 5.56 Å². The zero-order valence-electron chi connectivity index (χ0n) is 17.7. The lowest BCUT2D eigenvalue weighted by Gasteiger charge is -2.38. The van der Waals surface area contributed by atoms with Gasteiger partial charge in [0.2, 0.25) is 0 Å². The summed E-state index contributed by atoms with van der Waals surface area (Å²) in [6.07, 6.45) is 5.57. The number of allylic oxidation sites excluding steroid dienone is 2. The van der Waals surface area contributed by atoms with Gasteiger partial charge in [0.1, 0.15) is 6.61 Å². The number of nitrogens with one attached hydrogen (secondary N) is 1. The second kappa shape index (κ2) is 9.42. The number of benzene rings is 3. The third kappa shape index (κ3) is 4.46. The summed E-state index contributed by atoms with van der Waals surface area (Å²) < 4.78 is 12.7. The van der Waals surface area contributed by atoms with Crippen LogP contribution in [0.1, 0.15) is 35.1 Å². The number of hydrogen-bond acceptors (Lipinski definition) is 3. The monoisotopic (exact) mass is 563 g/mol. The van der Waals surface area contributed by atoms with Gasteiger partial charge in [-0.1, -0.05) is 53.0 Å². The minimum absolute atomic E-state index is 0.132. The largest absolute Gasteiger partial charge is 0.493 e. The molecule has 1 heterocycles. The number of halogens is 4. The van der Waals surface area contributed by atoms with Gasteiger partial charge in [0.05, 0.1) is 27.7 Å². The summed E-state index contributed by atoms with van der Waals surface area (Å²) in [4.78, 5) is 0. The van der Waals surface area contributed by atoms with E-state index < -0.39 is 0 Å². The molecule has 5 rings (SSSR count). The van der Waals surface area contributed by atoms with E-state index in [1.54, 1.807) is 13.2 Å². The van der Waals surface area contributed by atoms with E-state index in [9.17, 15) is 0 Å². The van der Waals surface area contributed by atoms with Crippen molar-refractivity contribution >= 4 is 56.4 Å². The molecule has 3 atom stereocenters. The van der Waals surface area contributed by atoms with Crippen molar-refractivity contribution in [1.29, 1.82) is 0 Å². The summed E-state index contributed by atoms with van der Waals surface area (Å²) in [5.41, 5.74) is 4.43. The van der Waals surface area contributed by atoms with Crippen LogP contribution < -0.4 is 14.8 Å². The first-order chi connectivity index (χ1) is 15.9. The van der Waals surface area contributed by atoms with E-state index in [4.69, 9.17) is 44.3 Å². The molecule has 0 fully saturated rings. The molecule has 0 bridgehead atoms. The highest BCUT2D eigenvalue weighted by Gasteiger charge is 2.38. The predicted molar refractivity (Wildman–Crippen MR) is 139 cm³/mol. The molecule has 1 aliphatic carbocycles. The van der Waals surface area contributed by atoms with Gasteiger partial charge in [0.15, 0.2) is 11.5 Å². The Morgan fingerprint density at radius 2 is 1.88 bits per heavy atom. The number of ether oxygens (including phenoxy) is 2. The zero-order valence-corrected chi connectivity index (χ0v) is 21.6. The average molecular weight is 566 g/mol. The van der Waals surface area contributed by atoms with Crippen LogP contribution >= 0.6 is 50.7 Å². The Morgan fingerprint density at radius 1 is 1.03 bits per heavy atom. The third-order valence-electron chi connectivity index (χ3n) is 6.30. The predicted octanol–water partition coefficient (Wildman–Crippen LogP) is 8.82. The fourth-order valence-corrected chi connectivity index (χ4v) is 5.82. The van der Waals surface area contributed by atoms with Crippen LogP contribution in [0.4, 0.5) is 5.69 Å². The molecule has 0 unspecified atom stereocenters. The fourth-order valence-electron chi connectivity index (χ4n) is 4.74. The molecule has 33 heavy (non-hydrogen) atoms. The van der Waals surface area contributed by atoms with Crippen molar-refractivity contribution < 1.29 is 9.47 Å². The summed E-state index contributed by atoms with van der Waals surface area (Å²) >= 11 is 22.2. The van der Waals surface area contributed by atoms with Gasteiger partial charge in [-0.15, -0.1) is 0 Å². The normalized spacial score (nSPS) is 20.7. The van der Waals surface area contributed by atoms with Crippen molar-refractivity contribution in [2.75, 3.05) is 12.4 Å². The Hall–Kier alpha value is -1.85. The van der Waals surface area contributed by atoms with Gasteiger partial charge < -0.3 is 14.8 Å². The summed E-state index contributed by atoms with van der Waals surface area (Å²) in [6.45, 7) is 0.343. The molecule has 1 aliphatic heterocycles. The quantitative estimate of drug-likeness (QED) is 0.314. The topological polar surface area (TPSA) is 30.5 Å². The maximum atomic E-state index is 6.29. The summed E-state index contributed by atoms with van der Waals surface area (Å²) in [5.74, 6) is 2.05. The molecule has 2 aliphatic rings. The van der Waals surface area contributed by atoms with E-state index in [-0.39, 0.29) is 6.04 Å². The van der Waals surface area contributed by atoms with Crippen LogP contribution in [0.2, 0.25) is 15.1 Å². The number of methoxy groups -OCH3 is 1. The van der Waals surface area contributed by atoms with Gasteiger partial charge in [0, 0.05) is 16.6 Å². The van der Waals surface area contributed by atoms with Crippen LogP contribution in [0.3, 0.4) is 0 Å². The minimum atomic E-state index is 0.132. The Balaban J connectivity index is 1.44. The Labute approximate surface area is 216 Å². The summed E-state index contributed by atoms with van der Waals surface area (Å²) in [5, 5.41) is 5.52. The minimum Gasteiger partial charge on any atom is -0.493 e. The Kier molecular flexibility index (Phi) is 6.54. The van der Waals surface area contributed by atoms with Gasteiger partial charge >= 0.3 is 0 Å². The third-order valence-corrected chi connectivity index (χ3v) is 7.87. The Bertz CT molecular complexity index is 1250. The van der Waals surface area contributed by atoms with Crippen molar-refractivity contribution in [2.24, 2.45) is 5.92 Å². The van der Waals surface area contributed by atoms with Gasteiger partial charge in [-0.2, -0.15) is 0 Å². The molecule has 0 amide bonds. The van der Waals surface area contributed by atoms with Crippen molar-refractivity contribution in [3.05, 3.63) is 96.9 Å². The number of anilines is 1. The molecule has 0 saturated heterocycles. The number of hydrogen-bond donors (Lipinski definition) is 1. The lowest BCUT2D eigenvalue weighted by molar-refractivity contribution is 0.282.